The minimum atomic E-state index is 0. The average Bonchev–Trinajstić information content (AvgIpc) is 3.04. The maximum Gasteiger partial charge on any atom is 0.273 e. The van der Waals surface area contributed by atoms with E-state index in [4.69, 9.17) is 17.3 Å². The third-order valence-electron chi connectivity index (χ3n) is 3.89. The molecule has 0 aliphatic carbocycles. The minimum Gasteiger partial charge on any atom is -0.367 e. The molecule has 1 amide bonds. The highest BCUT2D eigenvalue weighted by Gasteiger charge is 2.24. The molecule has 3 rings (SSSR count). The molecule has 5 nitrogen and oxygen atoms in total. The molecule has 1 aromatic heterocycles. The third kappa shape index (κ3) is 5.21. The van der Waals surface area contributed by atoms with Crippen LogP contribution in [0.15, 0.2) is 29.6 Å². The van der Waals surface area contributed by atoms with E-state index in [0.29, 0.717) is 25.3 Å². The van der Waals surface area contributed by atoms with Crippen LogP contribution in [0.5, 0.6) is 0 Å². The number of piperazine rings is 1. The summed E-state index contributed by atoms with van der Waals surface area (Å²) in [5.74, 6) is 0.00308. The lowest BCUT2D eigenvalue weighted by atomic mass is 10.2. The van der Waals surface area contributed by atoms with Crippen LogP contribution >= 0.6 is 47.8 Å². The first-order chi connectivity index (χ1) is 11.2. The Bertz CT molecular complexity index is 690. The largest absolute Gasteiger partial charge is 0.367 e. The van der Waals surface area contributed by atoms with Gasteiger partial charge in [0.1, 0.15) is 5.69 Å². The van der Waals surface area contributed by atoms with Crippen LogP contribution in [0.25, 0.3) is 0 Å². The number of hydrogen-bond acceptors (Lipinski definition) is 5. The molecular formula is C16H21Cl3N4OS. The van der Waals surface area contributed by atoms with Gasteiger partial charge in [0, 0.05) is 38.0 Å². The number of hydrogen-bond donors (Lipinski definition) is 1. The summed E-state index contributed by atoms with van der Waals surface area (Å²) in [5.41, 5.74) is 7.09. The molecule has 0 radical (unpaired) electrons. The van der Waals surface area contributed by atoms with Crippen molar-refractivity contribution in [1.82, 2.24) is 9.88 Å². The van der Waals surface area contributed by atoms with Crippen molar-refractivity contribution >= 4 is 59.3 Å². The minimum absolute atomic E-state index is 0. The van der Waals surface area contributed by atoms with Gasteiger partial charge in [-0.3, -0.25) is 4.79 Å². The van der Waals surface area contributed by atoms with Crippen LogP contribution in [0.1, 0.15) is 15.5 Å². The Balaban J connectivity index is 0.00000156. The highest BCUT2D eigenvalue weighted by Crippen LogP contribution is 2.26. The lowest BCUT2D eigenvalue weighted by molar-refractivity contribution is 0.0741. The smallest absolute Gasteiger partial charge is 0.273 e. The van der Waals surface area contributed by atoms with Crippen LogP contribution < -0.4 is 10.6 Å². The highest BCUT2D eigenvalue weighted by atomic mass is 35.5. The number of benzene rings is 1. The zero-order valence-electron chi connectivity index (χ0n) is 13.6. The van der Waals surface area contributed by atoms with Gasteiger partial charge in [-0.2, -0.15) is 0 Å². The van der Waals surface area contributed by atoms with Crippen molar-refractivity contribution in [3.8, 4) is 0 Å². The Morgan fingerprint density at radius 1 is 1.20 bits per heavy atom. The van der Waals surface area contributed by atoms with Crippen molar-refractivity contribution in [2.45, 2.75) is 6.42 Å². The molecule has 2 heterocycles. The summed E-state index contributed by atoms with van der Waals surface area (Å²) >= 11 is 7.74. The number of thiazole rings is 1. The van der Waals surface area contributed by atoms with Gasteiger partial charge in [0.15, 0.2) is 0 Å². The average molecular weight is 424 g/mol. The van der Waals surface area contributed by atoms with E-state index in [1.807, 2.05) is 34.5 Å². The number of para-hydroxylation sites is 1. The molecule has 1 aliphatic rings. The first-order valence-electron chi connectivity index (χ1n) is 7.62. The quantitative estimate of drug-likeness (QED) is 0.821. The molecule has 0 bridgehead atoms. The molecule has 1 saturated heterocycles. The lowest BCUT2D eigenvalue weighted by Crippen LogP contribution is -2.49. The molecule has 1 fully saturated rings. The van der Waals surface area contributed by atoms with Crippen LogP contribution in [0.2, 0.25) is 5.02 Å². The van der Waals surface area contributed by atoms with E-state index in [1.165, 1.54) is 11.3 Å². The number of anilines is 1. The number of rotatable bonds is 4. The van der Waals surface area contributed by atoms with Crippen molar-refractivity contribution in [3.05, 3.63) is 45.4 Å². The Labute approximate surface area is 169 Å². The van der Waals surface area contributed by atoms with Crippen LogP contribution in [0, 0.1) is 0 Å². The summed E-state index contributed by atoms with van der Waals surface area (Å²) < 4.78 is 0. The lowest BCUT2D eigenvalue weighted by Gasteiger charge is -2.36. The molecule has 138 valence electrons. The Morgan fingerprint density at radius 2 is 1.88 bits per heavy atom. The van der Waals surface area contributed by atoms with Crippen LogP contribution in [0.4, 0.5) is 5.69 Å². The molecule has 2 aromatic rings. The first-order valence-corrected chi connectivity index (χ1v) is 8.88. The molecule has 0 spiro atoms. The van der Waals surface area contributed by atoms with Crippen LogP contribution in [0.3, 0.4) is 0 Å². The zero-order chi connectivity index (χ0) is 16.2. The van der Waals surface area contributed by atoms with Gasteiger partial charge in [0.05, 0.1) is 15.7 Å². The van der Waals surface area contributed by atoms with Crippen molar-refractivity contribution < 1.29 is 4.79 Å². The van der Waals surface area contributed by atoms with Gasteiger partial charge in [-0.15, -0.1) is 36.2 Å². The Kier molecular flexibility index (Phi) is 8.96. The fraction of sp³-hybridized carbons (Fsp3) is 0.375. The zero-order valence-corrected chi connectivity index (χ0v) is 16.8. The van der Waals surface area contributed by atoms with Gasteiger partial charge in [-0.25, -0.2) is 4.98 Å². The molecule has 1 aromatic carbocycles. The summed E-state index contributed by atoms with van der Waals surface area (Å²) in [4.78, 5) is 21.0. The van der Waals surface area contributed by atoms with E-state index in [1.54, 1.807) is 0 Å². The van der Waals surface area contributed by atoms with Crippen LogP contribution in [-0.2, 0) is 6.42 Å². The number of aromatic nitrogens is 1. The molecule has 25 heavy (non-hydrogen) atoms. The van der Waals surface area contributed by atoms with E-state index >= 15 is 0 Å². The summed E-state index contributed by atoms with van der Waals surface area (Å²) in [6.07, 6.45) is 0.720. The number of nitrogens with two attached hydrogens (primary N) is 1. The van der Waals surface area contributed by atoms with E-state index < -0.39 is 0 Å². The predicted octanol–water partition coefficient (Wildman–Crippen LogP) is 3.10. The van der Waals surface area contributed by atoms with Crippen molar-refractivity contribution in [2.75, 3.05) is 37.6 Å². The fourth-order valence-electron chi connectivity index (χ4n) is 2.67. The van der Waals surface area contributed by atoms with E-state index in [9.17, 15) is 4.79 Å². The number of nitrogens with zero attached hydrogens (tertiary/aromatic N) is 3. The molecule has 1 aliphatic heterocycles. The second kappa shape index (κ2) is 10.2. The van der Waals surface area contributed by atoms with Gasteiger partial charge in [0.25, 0.3) is 5.91 Å². The van der Waals surface area contributed by atoms with Gasteiger partial charge in [-0.05, 0) is 18.7 Å². The second-order valence-corrected chi connectivity index (χ2v) is 6.75. The molecular weight excluding hydrogens is 403 g/mol. The number of amides is 1. The molecule has 0 atom stereocenters. The second-order valence-electron chi connectivity index (χ2n) is 5.40. The summed E-state index contributed by atoms with van der Waals surface area (Å²) in [7, 11) is 0. The number of halogens is 3. The molecule has 0 unspecified atom stereocenters. The Morgan fingerprint density at radius 3 is 2.52 bits per heavy atom. The van der Waals surface area contributed by atoms with Gasteiger partial charge < -0.3 is 15.5 Å². The van der Waals surface area contributed by atoms with Crippen LogP contribution in [-0.4, -0.2) is 48.5 Å². The summed E-state index contributed by atoms with van der Waals surface area (Å²) in [5, 5.41) is 3.50. The normalized spacial score (nSPS) is 13.8. The summed E-state index contributed by atoms with van der Waals surface area (Å²) in [6.45, 7) is 3.45. The number of carbonyl (C=O) groups is 1. The van der Waals surface area contributed by atoms with Crippen molar-refractivity contribution in [1.29, 1.82) is 0 Å². The predicted molar refractivity (Wildman–Crippen MR) is 109 cm³/mol. The van der Waals surface area contributed by atoms with Crippen molar-refractivity contribution in [3.63, 3.8) is 0 Å². The first kappa shape index (κ1) is 22.0. The summed E-state index contributed by atoms with van der Waals surface area (Å²) in [6, 6.07) is 7.81. The SMILES string of the molecule is Cl.Cl.NCCc1nc(C(=O)N2CCN(c3ccccc3Cl)CC2)cs1. The Hall–Kier alpha value is -1.05. The molecule has 2 N–H and O–H groups in total. The van der Waals surface area contributed by atoms with Gasteiger partial charge in [0.2, 0.25) is 0 Å². The van der Waals surface area contributed by atoms with Gasteiger partial charge >= 0.3 is 0 Å². The van der Waals surface area contributed by atoms with Crippen molar-refractivity contribution in [2.24, 2.45) is 5.73 Å². The third-order valence-corrected chi connectivity index (χ3v) is 5.12. The maximum atomic E-state index is 12.5. The number of carbonyl (C=O) groups excluding carboxylic acids is 1. The van der Waals surface area contributed by atoms with Gasteiger partial charge in [-0.1, -0.05) is 23.7 Å². The van der Waals surface area contributed by atoms with E-state index in [2.05, 4.69) is 9.88 Å². The fourth-order valence-corrected chi connectivity index (χ4v) is 3.71. The topological polar surface area (TPSA) is 62.5 Å². The maximum absolute atomic E-state index is 12.5. The standard InChI is InChI=1S/C16H19ClN4OS.2ClH/c17-12-3-1-2-4-14(12)20-7-9-21(10-8-20)16(22)13-11-23-15(19-13)5-6-18;;/h1-4,11H,5-10,18H2;2*1H. The molecule has 0 saturated carbocycles. The highest BCUT2D eigenvalue weighted by molar-refractivity contribution is 7.09. The van der Waals surface area contributed by atoms with E-state index in [0.717, 1.165) is 35.2 Å². The molecule has 9 heteroatoms. The monoisotopic (exact) mass is 422 g/mol. The van der Waals surface area contributed by atoms with E-state index in [-0.39, 0.29) is 30.7 Å².